The number of ether oxygens (including phenoxy) is 1. The quantitative estimate of drug-likeness (QED) is 0.848. The van der Waals surface area contributed by atoms with Crippen molar-refractivity contribution in [3.05, 3.63) is 35.4 Å². The Kier molecular flexibility index (Phi) is 5.39. The highest BCUT2D eigenvalue weighted by Gasteiger charge is 2.37. The number of nitrogens with one attached hydrogen (secondary N) is 1. The first-order valence-electron chi connectivity index (χ1n) is 6.62. The van der Waals surface area contributed by atoms with Crippen LogP contribution in [-0.4, -0.2) is 19.6 Å². The fourth-order valence-corrected chi connectivity index (χ4v) is 1.90. The van der Waals surface area contributed by atoms with Crippen LogP contribution in [0.5, 0.6) is 0 Å². The smallest absolute Gasteiger partial charge is 0.416 e. The fraction of sp³-hybridized carbons (Fsp3) is 0.533. The highest BCUT2D eigenvalue weighted by atomic mass is 19.4. The van der Waals surface area contributed by atoms with Crippen molar-refractivity contribution >= 4 is 5.97 Å². The fourth-order valence-electron chi connectivity index (χ4n) is 1.90. The Balaban J connectivity index is 3.12. The molecular formula is C15H20F3NO2. The molecule has 118 valence electrons. The van der Waals surface area contributed by atoms with Gasteiger partial charge in [-0.1, -0.05) is 26.0 Å². The lowest BCUT2D eigenvalue weighted by molar-refractivity contribution is -0.148. The van der Waals surface area contributed by atoms with Gasteiger partial charge in [-0.2, -0.15) is 13.2 Å². The van der Waals surface area contributed by atoms with Crippen LogP contribution in [0.1, 0.15) is 31.9 Å². The van der Waals surface area contributed by atoms with E-state index in [1.54, 1.807) is 6.92 Å². The minimum absolute atomic E-state index is 0.281. The normalized spacial score (nSPS) is 14.9. The van der Waals surface area contributed by atoms with Crippen LogP contribution >= 0.6 is 0 Å². The Morgan fingerprint density at radius 1 is 1.19 bits per heavy atom. The molecule has 0 spiro atoms. The van der Waals surface area contributed by atoms with Gasteiger partial charge in [-0.15, -0.1) is 0 Å². The molecule has 0 aliphatic carbocycles. The van der Waals surface area contributed by atoms with E-state index in [9.17, 15) is 18.0 Å². The number of hydrogen-bond acceptors (Lipinski definition) is 3. The van der Waals surface area contributed by atoms with Gasteiger partial charge in [-0.25, -0.2) is 4.79 Å². The summed E-state index contributed by atoms with van der Waals surface area (Å²) < 4.78 is 42.5. The Hall–Kier alpha value is -1.56. The lowest BCUT2D eigenvalue weighted by Crippen LogP contribution is -2.48. The third-order valence-electron chi connectivity index (χ3n) is 3.25. The van der Waals surface area contributed by atoms with Crippen LogP contribution in [0.4, 0.5) is 13.2 Å². The van der Waals surface area contributed by atoms with Gasteiger partial charge in [0.2, 0.25) is 0 Å². The van der Waals surface area contributed by atoms with Crippen molar-refractivity contribution in [3.8, 4) is 0 Å². The molecule has 3 nitrogen and oxygen atoms in total. The lowest BCUT2D eigenvalue weighted by atomic mass is 9.90. The molecule has 0 bridgehead atoms. The van der Waals surface area contributed by atoms with Gasteiger partial charge in [0, 0.05) is 0 Å². The van der Waals surface area contributed by atoms with E-state index in [4.69, 9.17) is 4.74 Å². The van der Waals surface area contributed by atoms with Gasteiger partial charge in [0.15, 0.2) is 0 Å². The molecule has 0 aromatic heterocycles. The van der Waals surface area contributed by atoms with Crippen molar-refractivity contribution in [1.82, 2.24) is 5.32 Å². The van der Waals surface area contributed by atoms with Crippen molar-refractivity contribution in [3.63, 3.8) is 0 Å². The second-order valence-corrected chi connectivity index (χ2v) is 5.47. The number of alkyl halides is 3. The summed E-state index contributed by atoms with van der Waals surface area (Å²) in [6, 6.07) is 4.53. The maximum atomic E-state index is 12.6. The molecule has 0 fully saturated rings. The summed E-state index contributed by atoms with van der Waals surface area (Å²) in [5.41, 5.74) is -1.49. The first-order valence-corrected chi connectivity index (χ1v) is 6.62. The maximum absolute atomic E-state index is 12.6. The molecule has 0 heterocycles. The maximum Gasteiger partial charge on any atom is 0.416 e. The predicted molar refractivity (Wildman–Crippen MR) is 73.7 cm³/mol. The van der Waals surface area contributed by atoms with Crippen LogP contribution in [0, 0.1) is 5.92 Å². The number of benzene rings is 1. The molecule has 0 aliphatic heterocycles. The number of carbonyl (C=O) groups is 1. The predicted octanol–water partition coefficient (Wildman–Crippen LogP) is 3.34. The van der Waals surface area contributed by atoms with Gasteiger partial charge < -0.3 is 4.74 Å². The minimum atomic E-state index is -4.40. The van der Waals surface area contributed by atoms with Crippen molar-refractivity contribution < 1.29 is 22.7 Å². The third-order valence-corrected chi connectivity index (χ3v) is 3.25. The van der Waals surface area contributed by atoms with E-state index in [0.29, 0.717) is 12.1 Å². The number of hydrogen-bond donors (Lipinski definition) is 1. The zero-order valence-corrected chi connectivity index (χ0v) is 12.5. The average Bonchev–Trinajstić information content (AvgIpc) is 2.43. The second kappa shape index (κ2) is 6.47. The molecule has 1 aromatic rings. The van der Waals surface area contributed by atoms with Crippen LogP contribution in [0.25, 0.3) is 0 Å². The molecule has 1 rings (SSSR count). The van der Waals surface area contributed by atoms with Gasteiger partial charge in [0.05, 0.1) is 12.7 Å². The summed E-state index contributed by atoms with van der Waals surface area (Å²) in [6.07, 6.45) is -4.40. The number of esters is 1. The van der Waals surface area contributed by atoms with E-state index >= 15 is 0 Å². The number of methoxy groups -OCH3 is 1. The van der Waals surface area contributed by atoms with Crippen LogP contribution in [0.3, 0.4) is 0 Å². The summed E-state index contributed by atoms with van der Waals surface area (Å²) in [5.74, 6) is -0.258. The van der Waals surface area contributed by atoms with Crippen molar-refractivity contribution in [2.24, 2.45) is 5.92 Å². The summed E-state index contributed by atoms with van der Waals surface area (Å²) in [5, 5.41) is 3.06. The molecule has 21 heavy (non-hydrogen) atoms. The van der Waals surface area contributed by atoms with E-state index in [2.05, 4.69) is 5.32 Å². The highest BCUT2D eigenvalue weighted by Crippen LogP contribution is 2.31. The molecule has 1 atom stereocenters. The number of rotatable bonds is 5. The third kappa shape index (κ3) is 4.20. The zero-order valence-electron chi connectivity index (χ0n) is 12.5. The SMILES string of the molecule is COC(=O)C(C)(NCC(C)C)c1ccc(C(F)(F)F)cc1. The molecule has 6 heteroatoms. The van der Waals surface area contributed by atoms with Crippen LogP contribution in [-0.2, 0) is 21.2 Å². The second-order valence-electron chi connectivity index (χ2n) is 5.47. The number of carbonyl (C=O) groups excluding carboxylic acids is 1. The first-order chi connectivity index (χ1) is 9.61. The molecule has 0 amide bonds. The monoisotopic (exact) mass is 303 g/mol. The van der Waals surface area contributed by atoms with E-state index < -0.39 is 23.2 Å². The van der Waals surface area contributed by atoms with Crippen molar-refractivity contribution in [1.29, 1.82) is 0 Å². The Labute approximate surface area is 122 Å². The van der Waals surface area contributed by atoms with Gasteiger partial charge in [0.1, 0.15) is 5.54 Å². The van der Waals surface area contributed by atoms with E-state index in [1.807, 2.05) is 13.8 Å². The Morgan fingerprint density at radius 3 is 2.05 bits per heavy atom. The van der Waals surface area contributed by atoms with Gasteiger partial charge in [-0.3, -0.25) is 5.32 Å². The van der Waals surface area contributed by atoms with Crippen LogP contribution in [0.15, 0.2) is 24.3 Å². The summed E-state index contributed by atoms with van der Waals surface area (Å²) in [4.78, 5) is 12.0. The summed E-state index contributed by atoms with van der Waals surface area (Å²) in [6.45, 7) is 6.07. The summed E-state index contributed by atoms with van der Waals surface area (Å²) >= 11 is 0. The number of halogens is 3. The van der Waals surface area contributed by atoms with E-state index in [0.717, 1.165) is 12.1 Å². The molecular weight excluding hydrogens is 283 g/mol. The molecule has 0 radical (unpaired) electrons. The van der Waals surface area contributed by atoms with Gasteiger partial charge in [-0.05, 0) is 37.1 Å². The largest absolute Gasteiger partial charge is 0.467 e. The minimum Gasteiger partial charge on any atom is -0.467 e. The first kappa shape index (κ1) is 17.5. The molecule has 0 saturated heterocycles. The van der Waals surface area contributed by atoms with Crippen molar-refractivity contribution in [2.75, 3.05) is 13.7 Å². The standard InChI is InChI=1S/C15H20F3NO2/c1-10(2)9-19-14(3,13(20)21-4)11-5-7-12(8-6-11)15(16,17)18/h5-8,10,19H,9H2,1-4H3. The molecule has 1 unspecified atom stereocenters. The molecule has 1 aromatic carbocycles. The molecule has 0 aliphatic rings. The zero-order chi connectivity index (χ0) is 16.3. The van der Waals surface area contributed by atoms with Gasteiger partial charge in [0.25, 0.3) is 0 Å². The average molecular weight is 303 g/mol. The van der Waals surface area contributed by atoms with E-state index in [-0.39, 0.29) is 5.92 Å². The van der Waals surface area contributed by atoms with Crippen LogP contribution < -0.4 is 5.32 Å². The molecule has 1 N–H and O–H groups in total. The molecule has 0 saturated carbocycles. The lowest BCUT2D eigenvalue weighted by Gasteiger charge is -2.29. The topological polar surface area (TPSA) is 38.3 Å². The van der Waals surface area contributed by atoms with Crippen LogP contribution in [0.2, 0.25) is 0 Å². The Morgan fingerprint density at radius 2 is 1.67 bits per heavy atom. The summed E-state index contributed by atoms with van der Waals surface area (Å²) in [7, 11) is 1.25. The van der Waals surface area contributed by atoms with E-state index in [1.165, 1.54) is 19.2 Å². The Bertz CT molecular complexity index is 483. The highest BCUT2D eigenvalue weighted by molar-refractivity contribution is 5.82. The van der Waals surface area contributed by atoms with Gasteiger partial charge >= 0.3 is 12.1 Å². The van der Waals surface area contributed by atoms with Crippen molar-refractivity contribution in [2.45, 2.75) is 32.5 Å².